The number of aliphatic hydroxyl groups excluding tert-OH is 1. The molecule has 3 atom stereocenters. The summed E-state index contributed by atoms with van der Waals surface area (Å²) in [5.41, 5.74) is 7.65. The van der Waals surface area contributed by atoms with Crippen LogP contribution < -0.4 is 16.0 Å². The molecule has 206 valence electrons. The van der Waals surface area contributed by atoms with E-state index in [4.69, 9.17) is 5.73 Å². The van der Waals surface area contributed by atoms with Crippen molar-refractivity contribution in [3.05, 3.63) is 54.5 Å². The van der Waals surface area contributed by atoms with Crippen LogP contribution in [0.1, 0.15) is 36.3 Å². The minimum absolute atomic E-state index is 0.108. The quantitative estimate of drug-likeness (QED) is 0.308. The first-order chi connectivity index (χ1) is 18.5. The number of carbonyl (C=O) groups is 1. The molecule has 0 spiro atoms. The van der Waals surface area contributed by atoms with Crippen LogP contribution in [0.3, 0.4) is 0 Å². The predicted molar refractivity (Wildman–Crippen MR) is 137 cm³/mol. The fourth-order valence-corrected chi connectivity index (χ4v) is 4.89. The van der Waals surface area contributed by atoms with Gasteiger partial charge in [-0.05, 0) is 25.3 Å². The number of nitrogens with zero attached hydrogens (tertiary/aromatic N) is 7. The lowest BCUT2D eigenvalue weighted by Gasteiger charge is -2.21. The van der Waals surface area contributed by atoms with Gasteiger partial charge in [0.05, 0.1) is 54.2 Å². The number of amides is 1. The standard InChI is InChI=1S/C25H28F3N9O2/c1-3-15-10-35(22-8-30-21(7-31-22)25(26,27)28)13-19(15)34-23-18(24(29)39)6-33-37-12-16(4-20(23)37)17-5-32-36(11-17)9-14(2)38/h4-8,11-12,14-15,19,34,38H,3,9-10,13H2,1-2H3,(H2,29,39)/t14-,15-,19-/m1/s1. The molecule has 4 aromatic rings. The van der Waals surface area contributed by atoms with Gasteiger partial charge in [0.25, 0.3) is 5.91 Å². The van der Waals surface area contributed by atoms with Crippen LogP contribution in [0.4, 0.5) is 24.7 Å². The summed E-state index contributed by atoms with van der Waals surface area (Å²) in [6, 6.07) is 1.72. The molecular formula is C25H28F3N9O2. The highest BCUT2D eigenvalue weighted by Gasteiger charge is 2.36. The van der Waals surface area contributed by atoms with Crippen LogP contribution in [0.15, 0.2) is 43.2 Å². The molecule has 1 aliphatic rings. The number of alkyl halides is 3. The third-order valence-corrected chi connectivity index (χ3v) is 6.87. The summed E-state index contributed by atoms with van der Waals surface area (Å²) in [7, 11) is 0. The molecule has 0 aliphatic carbocycles. The summed E-state index contributed by atoms with van der Waals surface area (Å²) in [5, 5.41) is 21.8. The number of carbonyl (C=O) groups excluding carboxylic acids is 1. The van der Waals surface area contributed by atoms with Crippen molar-refractivity contribution in [2.75, 3.05) is 23.3 Å². The third kappa shape index (κ3) is 5.37. The van der Waals surface area contributed by atoms with Gasteiger partial charge in [0, 0.05) is 42.7 Å². The van der Waals surface area contributed by atoms with Crippen molar-refractivity contribution in [2.24, 2.45) is 11.7 Å². The molecule has 4 aromatic heterocycles. The Morgan fingerprint density at radius 1 is 1.15 bits per heavy atom. The summed E-state index contributed by atoms with van der Waals surface area (Å²) in [5.74, 6) is -0.187. The van der Waals surface area contributed by atoms with Gasteiger partial charge in [-0.25, -0.2) is 14.5 Å². The van der Waals surface area contributed by atoms with E-state index >= 15 is 0 Å². The monoisotopic (exact) mass is 543 g/mol. The number of aliphatic hydroxyl groups is 1. The average Bonchev–Trinajstić information content (AvgIpc) is 3.61. The third-order valence-electron chi connectivity index (χ3n) is 6.87. The van der Waals surface area contributed by atoms with Gasteiger partial charge in [-0.1, -0.05) is 6.92 Å². The summed E-state index contributed by atoms with van der Waals surface area (Å²) in [4.78, 5) is 21.8. The van der Waals surface area contributed by atoms with E-state index in [1.165, 1.54) is 6.20 Å². The second-order valence-corrected chi connectivity index (χ2v) is 9.74. The number of fused-ring (bicyclic) bond motifs is 1. The summed E-state index contributed by atoms with van der Waals surface area (Å²) >= 11 is 0. The van der Waals surface area contributed by atoms with Gasteiger partial charge < -0.3 is 21.1 Å². The second kappa shape index (κ2) is 10.2. The Morgan fingerprint density at radius 3 is 2.59 bits per heavy atom. The molecule has 0 unspecified atom stereocenters. The Balaban J connectivity index is 1.45. The number of primary amides is 1. The lowest BCUT2D eigenvalue weighted by Crippen LogP contribution is -2.30. The first-order valence-electron chi connectivity index (χ1n) is 12.5. The van der Waals surface area contributed by atoms with E-state index in [2.05, 4.69) is 25.5 Å². The highest BCUT2D eigenvalue weighted by molar-refractivity contribution is 6.02. The predicted octanol–water partition coefficient (Wildman–Crippen LogP) is 2.81. The molecule has 0 bridgehead atoms. The molecular weight excluding hydrogens is 515 g/mol. The van der Waals surface area contributed by atoms with Gasteiger partial charge in [-0.2, -0.15) is 23.4 Å². The van der Waals surface area contributed by atoms with E-state index in [1.807, 2.05) is 30.3 Å². The lowest BCUT2D eigenvalue weighted by molar-refractivity contribution is -0.141. The van der Waals surface area contributed by atoms with Gasteiger partial charge in [0.2, 0.25) is 0 Å². The number of halogens is 3. The van der Waals surface area contributed by atoms with Crippen LogP contribution in [0, 0.1) is 5.92 Å². The van der Waals surface area contributed by atoms with E-state index in [-0.39, 0.29) is 17.5 Å². The van der Waals surface area contributed by atoms with E-state index < -0.39 is 23.9 Å². The largest absolute Gasteiger partial charge is 0.434 e. The lowest BCUT2D eigenvalue weighted by atomic mass is 10.00. The molecule has 0 radical (unpaired) electrons. The van der Waals surface area contributed by atoms with E-state index in [9.17, 15) is 23.1 Å². The fraction of sp³-hybridized carbons (Fsp3) is 0.400. The number of rotatable bonds is 8. The second-order valence-electron chi connectivity index (χ2n) is 9.74. The molecule has 5 heterocycles. The molecule has 1 fully saturated rings. The van der Waals surface area contributed by atoms with Crippen LogP contribution in [-0.2, 0) is 12.7 Å². The fourth-order valence-electron chi connectivity index (χ4n) is 4.89. The maximum Gasteiger partial charge on any atom is 0.434 e. The maximum atomic E-state index is 12.9. The molecule has 0 aromatic carbocycles. The van der Waals surface area contributed by atoms with Crippen LogP contribution in [-0.4, -0.2) is 65.6 Å². The van der Waals surface area contributed by atoms with Crippen molar-refractivity contribution in [1.82, 2.24) is 29.4 Å². The molecule has 14 heteroatoms. The van der Waals surface area contributed by atoms with Crippen LogP contribution in [0.5, 0.6) is 0 Å². The van der Waals surface area contributed by atoms with E-state index in [1.54, 1.807) is 22.3 Å². The van der Waals surface area contributed by atoms with Gasteiger partial charge >= 0.3 is 6.18 Å². The smallest absolute Gasteiger partial charge is 0.391 e. The van der Waals surface area contributed by atoms with Crippen molar-refractivity contribution in [3.63, 3.8) is 0 Å². The first-order valence-corrected chi connectivity index (χ1v) is 12.5. The Kier molecular flexibility index (Phi) is 6.89. The molecule has 0 saturated carbocycles. The topological polar surface area (TPSA) is 139 Å². The molecule has 5 rings (SSSR count). The first kappa shape index (κ1) is 26.4. The minimum Gasteiger partial charge on any atom is -0.391 e. The SMILES string of the molecule is CC[C@@H]1CN(c2cnc(C(F)(F)F)cn2)C[C@H]1Nc1c(C(N)=O)cnn2cc(-c3cnn(C[C@@H](C)O)c3)cc12. The Hall–Kier alpha value is -4.20. The highest BCUT2D eigenvalue weighted by Crippen LogP contribution is 2.33. The Morgan fingerprint density at radius 2 is 1.95 bits per heavy atom. The number of aromatic nitrogens is 6. The van der Waals surface area contributed by atoms with E-state index in [0.29, 0.717) is 36.7 Å². The van der Waals surface area contributed by atoms with Crippen molar-refractivity contribution >= 4 is 22.9 Å². The van der Waals surface area contributed by atoms with Crippen molar-refractivity contribution in [2.45, 2.75) is 45.1 Å². The Bertz CT molecular complexity index is 1480. The highest BCUT2D eigenvalue weighted by atomic mass is 19.4. The molecule has 1 aliphatic heterocycles. The zero-order valence-corrected chi connectivity index (χ0v) is 21.3. The summed E-state index contributed by atoms with van der Waals surface area (Å²) in [6.07, 6.45) is 4.27. The average molecular weight is 544 g/mol. The van der Waals surface area contributed by atoms with Crippen molar-refractivity contribution in [1.29, 1.82) is 0 Å². The van der Waals surface area contributed by atoms with Crippen molar-refractivity contribution < 1.29 is 23.1 Å². The molecule has 1 saturated heterocycles. The normalized spacial score (nSPS) is 18.6. The maximum absolute atomic E-state index is 12.9. The number of anilines is 2. The molecule has 4 N–H and O–H groups in total. The summed E-state index contributed by atoms with van der Waals surface area (Å²) in [6.45, 7) is 5.04. The Labute approximate surface area is 221 Å². The molecule has 39 heavy (non-hydrogen) atoms. The van der Waals surface area contributed by atoms with Gasteiger partial charge in [-0.15, -0.1) is 0 Å². The van der Waals surface area contributed by atoms with Gasteiger partial charge in [0.1, 0.15) is 5.82 Å². The van der Waals surface area contributed by atoms with Gasteiger partial charge in [-0.3, -0.25) is 9.48 Å². The van der Waals surface area contributed by atoms with Crippen molar-refractivity contribution in [3.8, 4) is 11.1 Å². The number of nitrogens with one attached hydrogen (secondary N) is 1. The number of hydrogen-bond acceptors (Lipinski definition) is 8. The molecule has 1 amide bonds. The van der Waals surface area contributed by atoms with E-state index in [0.717, 1.165) is 29.9 Å². The summed E-state index contributed by atoms with van der Waals surface area (Å²) < 4.78 is 42.1. The zero-order chi connectivity index (χ0) is 27.9. The zero-order valence-electron chi connectivity index (χ0n) is 21.3. The van der Waals surface area contributed by atoms with Crippen LogP contribution in [0.25, 0.3) is 16.6 Å². The van der Waals surface area contributed by atoms with Crippen LogP contribution in [0.2, 0.25) is 0 Å². The van der Waals surface area contributed by atoms with Crippen LogP contribution >= 0.6 is 0 Å². The van der Waals surface area contributed by atoms with Gasteiger partial charge in [0.15, 0.2) is 5.69 Å². The minimum atomic E-state index is -4.56. The number of nitrogens with two attached hydrogens (primary N) is 1. The molecule has 11 nitrogen and oxygen atoms in total. The number of hydrogen-bond donors (Lipinski definition) is 3.